The predicted molar refractivity (Wildman–Crippen MR) is 246 cm³/mol. The fourth-order valence-corrected chi connectivity index (χ4v) is 9.33. The highest BCUT2D eigenvalue weighted by Gasteiger charge is 2.24. The predicted octanol–water partition coefficient (Wildman–Crippen LogP) is 15.5. The number of hydrogen-bond acceptors (Lipinski definition) is 1. The molecule has 1 aliphatic rings. The number of hydrogen-bond donors (Lipinski definition) is 1. The number of nitrogens with zero attached hydrogens (tertiary/aromatic N) is 1. The van der Waals surface area contributed by atoms with Gasteiger partial charge in [0.25, 0.3) is 0 Å². The molecule has 270 valence electrons. The van der Waals surface area contributed by atoms with Crippen molar-refractivity contribution in [3.05, 3.63) is 212 Å². The quantitative estimate of drug-likeness (QED) is 0.190. The third-order valence-corrected chi connectivity index (χ3v) is 12.1. The summed E-state index contributed by atoms with van der Waals surface area (Å²) in [7, 11) is 0. The smallest absolute Gasteiger partial charge is 0.0546 e. The minimum absolute atomic E-state index is 1.12. The molecule has 0 amide bonds. The molecule has 0 atom stereocenters. The highest BCUT2D eigenvalue weighted by molar-refractivity contribution is 6.12. The Labute approximate surface area is 336 Å². The van der Waals surface area contributed by atoms with Crippen molar-refractivity contribution in [3.63, 3.8) is 0 Å². The Morgan fingerprint density at radius 1 is 0.293 bits per heavy atom. The molecule has 10 aromatic carbocycles. The second-order valence-corrected chi connectivity index (χ2v) is 15.4. The zero-order valence-corrected chi connectivity index (χ0v) is 31.7. The Hall–Kier alpha value is -7.68. The summed E-state index contributed by atoms with van der Waals surface area (Å²) in [5.41, 5.74) is 17.8. The monoisotopic (exact) mass is 736 g/mol. The van der Waals surface area contributed by atoms with E-state index in [9.17, 15) is 0 Å². The Morgan fingerprint density at radius 2 is 0.828 bits per heavy atom. The van der Waals surface area contributed by atoms with Gasteiger partial charge in [-0.1, -0.05) is 158 Å². The van der Waals surface area contributed by atoms with Gasteiger partial charge in [0.05, 0.1) is 22.4 Å². The zero-order chi connectivity index (χ0) is 38.2. The first-order valence-corrected chi connectivity index (χ1v) is 20.0. The SMILES string of the molecule is c1ccc(-c2cc3ccccc3cc2-n2c3ccccc3c3cc(-c4cc(-c5ccccc5)c5c(c4)-c4ccccc4-c4cc6ccccc6cc4N5)ccc32)cc1. The van der Waals surface area contributed by atoms with Crippen molar-refractivity contribution >= 4 is 54.7 Å². The van der Waals surface area contributed by atoms with Crippen LogP contribution in [0.3, 0.4) is 0 Å². The first-order chi connectivity index (χ1) is 28.7. The molecule has 0 fully saturated rings. The van der Waals surface area contributed by atoms with Crippen molar-refractivity contribution < 1.29 is 0 Å². The van der Waals surface area contributed by atoms with E-state index in [1.165, 1.54) is 105 Å². The highest BCUT2D eigenvalue weighted by Crippen LogP contribution is 2.50. The molecule has 0 unspecified atom stereocenters. The van der Waals surface area contributed by atoms with Crippen LogP contribution >= 0.6 is 0 Å². The number of benzene rings is 10. The van der Waals surface area contributed by atoms with Crippen LogP contribution in [0.2, 0.25) is 0 Å². The van der Waals surface area contributed by atoms with Gasteiger partial charge in [0.2, 0.25) is 0 Å². The molecular formula is C56H36N2. The second kappa shape index (κ2) is 12.9. The average molecular weight is 737 g/mol. The summed E-state index contributed by atoms with van der Waals surface area (Å²) >= 11 is 0. The molecule has 0 aliphatic carbocycles. The summed E-state index contributed by atoms with van der Waals surface area (Å²) in [6.45, 7) is 0. The van der Waals surface area contributed by atoms with Crippen molar-refractivity contribution in [1.29, 1.82) is 0 Å². The molecule has 2 heterocycles. The lowest BCUT2D eigenvalue weighted by Crippen LogP contribution is -1.98. The van der Waals surface area contributed by atoms with E-state index < -0.39 is 0 Å². The van der Waals surface area contributed by atoms with E-state index in [-0.39, 0.29) is 0 Å². The molecule has 1 N–H and O–H groups in total. The minimum Gasteiger partial charge on any atom is -0.354 e. The minimum atomic E-state index is 1.12. The Bertz CT molecular complexity index is 3410. The van der Waals surface area contributed by atoms with Crippen molar-refractivity contribution in [1.82, 2.24) is 4.57 Å². The van der Waals surface area contributed by atoms with Crippen LogP contribution in [0.5, 0.6) is 0 Å². The molecule has 0 spiro atoms. The van der Waals surface area contributed by atoms with Crippen LogP contribution in [0.4, 0.5) is 11.4 Å². The van der Waals surface area contributed by atoms with Crippen molar-refractivity contribution in [2.75, 3.05) is 5.32 Å². The number of para-hydroxylation sites is 1. The van der Waals surface area contributed by atoms with Gasteiger partial charge >= 0.3 is 0 Å². The van der Waals surface area contributed by atoms with Crippen LogP contribution in [0, 0.1) is 0 Å². The maximum atomic E-state index is 3.99. The number of rotatable bonds is 4. The lowest BCUT2D eigenvalue weighted by Gasteiger charge is -2.19. The van der Waals surface area contributed by atoms with Crippen LogP contribution in [-0.4, -0.2) is 4.57 Å². The normalized spacial score (nSPS) is 11.9. The summed E-state index contributed by atoms with van der Waals surface area (Å²) in [5.74, 6) is 0. The molecule has 11 aromatic rings. The average Bonchev–Trinajstić information content (AvgIpc) is 3.55. The summed E-state index contributed by atoms with van der Waals surface area (Å²) in [6, 6.07) is 77.9. The van der Waals surface area contributed by atoms with Gasteiger partial charge in [-0.3, -0.25) is 0 Å². The Balaban J connectivity index is 1.11. The van der Waals surface area contributed by atoms with E-state index in [0.717, 1.165) is 11.4 Å². The number of aromatic nitrogens is 1. The summed E-state index contributed by atoms with van der Waals surface area (Å²) in [5, 5.41) is 11.4. The maximum Gasteiger partial charge on any atom is 0.0546 e. The van der Waals surface area contributed by atoms with Crippen molar-refractivity contribution in [2.45, 2.75) is 0 Å². The van der Waals surface area contributed by atoms with Gasteiger partial charge in [0, 0.05) is 38.7 Å². The van der Waals surface area contributed by atoms with Crippen molar-refractivity contribution in [2.24, 2.45) is 0 Å². The molecule has 12 rings (SSSR count). The van der Waals surface area contributed by atoms with E-state index in [1.807, 2.05) is 0 Å². The molecule has 0 bridgehead atoms. The van der Waals surface area contributed by atoms with Gasteiger partial charge in [-0.05, 0) is 110 Å². The van der Waals surface area contributed by atoms with E-state index in [0.29, 0.717) is 0 Å². The first-order valence-electron chi connectivity index (χ1n) is 20.0. The van der Waals surface area contributed by atoms with Crippen LogP contribution in [-0.2, 0) is 0 Å². The van der Waals surface area contributed by atoms with Crippen LogP contribution < -0.4 is 5.32 Å². The third-order valence-electron chi connectivity index (χ3n) is 12.1. The topological polar surface area (TPSA) is 17.0 Å². The van der Waals surface area contributed by atoms with E-state index in [2.05, 4.69) is 222 Å². The molecule has 1 aliphatic heterocycles. The number of nitrogens with one attached hydrogen (secondary N) is 1. The highest BCUT2D eigenvalue weighted by atomic mass is 15.0. The fourth-order valence-electron chi connectivity index (χ4n) is 9.33. The first kappa shape index (κ1) is 32.6. The van der Waals surface area contributed by atoms with E-state index >= 15 is 0 Å². The largest absolute Gasteiger partial charge is 0.354 e. The summed E-state index contributed by atoms with van der Waals surface area (Å²) < 4.78 is 2.47. The van der Waals surface area contributed by atoms with Gasteiger partial charge in [-0.15, -0.1) is 0 Å². The van der Waals surface area contributed by atoms with Crippen LogP contribution in [0.1, 0.15) is 0 Å². The van der Waals surface area contributed by atoms with E-state index in [4.69, 9.17) is 0 Å². The Kier molecular flexibility index (Phi) is 7.26. The van der Waals surface area contributed by atoms with Crippen LogP contribution in [0.15, 0.2) is 212 Å². The lowest BCUT2D eigenvalue weighted by atomic mass is 9.88. The number of fused-ring (bicyclic) bond motifs is 10. The maximum absolute atomic E-state index is 3.99. The molecule has 2 heteroatoms. The van der Waals surface area contributed by atoms with Gasteiger partial charge in [0.1, 0.15) is 0 Å². The summed E-state index contributed by atoms with van der Waals surface area (Å²) in [4.78, 5) is 0. The molecule has 58 heavy (non-hydrogen) atoms. The van der Waals surface area contributed by atoms with Gasteiger partial charge < -0.3 is 9.88 Å². The van der Waals surface area contributed by atoms with Gasteiger partial charge in [-0.2, -0.15) is 0 Å². The van der Waals surface area contributed by atoms with Crippen molar-refractivity contribution in [3.8, 4) is 61.3 Å². The molecule has 0 saturated heterocycles. The zero-order valence-electron chi connectivity index (χ0n) is 31.7. The molecule has 1 aromatic heterocycles. The van der Waals surface area contributed by atoms with Crippen LogP contribution in [0.25, 0.3) is 105 Å². The standard InChI is InChI=1S/C56H36N2/c1-3-15-36(16-4-1)47-29-38-19-8-10-22-41(38)35-55(47)58-53-26-14-13-25-46(53)50-31-42(27-28-54(50)58)43-32-48(37-17-5-2-6-18-37)56-51(33-43)45-24-12-11-23-44(45)49-30-39-20-7-9-21-40(39)34-52(49)57-56/h1-35,57H. The molecule has 0 radical (unpaired) electrons. The fraction of sp³-hybridized carbons (Fsp3) is 0. The van der Waals surface area contributed by atoms with Gasteiger partial charge in [0.15, 0.2) is 0 Å². The molecular weight excluding hydrogens is 701 g/mol. The Morgan fingerprint density at radius 3 is 1.55 bits per heavy atom. The third kappa shape index (κ3) is 5.12. The molecule has 0 saturated carbocycles. The lowest BCUT2D eigenvalue weighted by molar-refractivity contribution is 1.19. The summed E-state index contributed by atoms with van der Waals surface area (Å²) in [6.07, 6.45) is 0. The molecule has 2 nitrogen and oxygen atoms in total. The number of anilines is 2. The second-order valence-electron chi connectivity index (χ2n) is 15.4. The van der Waals surface area contributed by atoms with E-state index in [1.54, 1.807) is 0 Å². The van der Waals surface area contributed by atoms with Gasteiger partial charge in [-0.25, -0.2) is 0 Å².